The molecule has 0 N–H and O–H groups in total. The van der Waals surface area contributed by atoms with Crippen molar-refractivity contribution in [1.82, 2.24) is 5.01 Å². The molecule has 0 aliphatic carbocycles. The number of ether oxygens (including phenoxy) is 2. The lowest BCUT2D eigenvalue weighted by molar-refractivity contribution is -0.150. The molecule has 0 radical (unpaired) electrons. The first-order valence-corrected chi connectivity index (χ1v) is 11.6. The Morgan fingerprint density at radius 2 is 1.75 bits per heavy atom. The van der Waals surface area contributed by atoms with Crippen LogP contribution in [0.25, 0.3) is 0 Å². The summed E-state index contributed by atoms with van der Waals surface area (Å²) in [7, 11) is 1.09. The number of alkyl halides is 3. The van der Waals surface area contributed by atoms with Crippen LogP contribution in [-0.4, -0.2) is 48.3 Å². The molecule has 0 fully saturated rings. The van der Waals surface area contributed by atoms with Gasteiger partial charge in [0.25, 0.3) is 0 Å². The first-order valence-electron chi connectivity index (χ1n) is 10.5. The Hall–Kier alpha value is -3.25. The van der Waals surface area contributed by atoms with Crippen LogP contribution in [0.1, 0.15) is 25.0 Å². The molecule has 13 heteroatoms. The molecule has 1 atom stereocenters. The molecule has 0 saturated heterocycles. The van der Waals surface area contributed by atoms with Crippen molar-refractivity contribution < 1.29 is 37.0 Å². The summed E-state index contributed by atoms with van der Waals surface area (Å²) < 4.78 is 49.7. The van der Waals surface area contributed by atoms with Crippen LogP contribution in [0, 0.1) is 5.41 Å². The maximum Gasteiger partial charge on any atom is 0.416 e. The molecule has 1 unspecified atom stereocenters. The molecule has 0 bridgehead atoms. The lowest BCUT2D eigenvalue weighted by atomic mass is 9.82. The molecule has 1 aliphatic rings. The fraction of sp³-hybridized carbons (Fsp3) is 0.304. The number of esters is 1. The number of carbonyl (C=O) groups excluding carboxylic acids is 3. The number of amides is 2. The number of hydrogen-bond donors (Lipinski definition) is 0. The Labute approximate surface area is 214 Å². The van der Waals surface area contributed by atoms with Crippen molar-refractivity contribution in [2.24, 2.45) is 10.5 Å². The minimum Gasteiger partial charge on any atom is -0.465 e. The number of halogens is 4. The number of rotatable bonds is 4. The summed E-state index contributed by atoms with van der Waals surface area (Å²) in [5.74, 6) is -0.629. The number of methoxy groups -OCH3 is 1. The van der Waals surface area contributed by atoms with E-state index in [0.717, 1.165) is 40.7 Å². The molecule has 2 aromatic carbocycles. The van der Waals surface area contributed by atoms with Gasteiger partial charge in [0, 0.05) is 5.02 Å². The Morgan fingerprint density at radius 3 is 2.28 bits per heavy atom. The number of hydrazone groups is 1. The fourth-order valence-corrected chi connectivity index (χ4v) is 4.14. The Morgan fingerprint density at radius 1 is 1.14 bits per heavy atom. The SMILES string of the molecule is CCOC(=O)C1(C)CN(C(=O)N(SC(=O)OC)c2ccc(C(F)(F)F)cc2)N=C1c1ccc(Cl)cc1. The number of nitrogens with zero attached hydrogens (tertiary/aromatic N) is 3. The van der Waals surface area contributed by atoms with Crippen LogP contribution in [-0.2, 0) is 20.4 Å². The van der Waals surface area contributed by atoms with E-state index in [4.69, 9.17) is 16.3 Å². The molecule has 192 valence electrons. The van der Waals surface area contributed by atoms with Gasteiger partial charge in [0.15, 0.2) is 0 Å². The van der Waals surface area contributed by atoms with E-state index in [-0.39, 0.29) is 24.6 Å². The molecule has 0 aromatic heterocycles. The molecule has 3 rings (SSSR count). The van der Waals surface area contributed by atoms with Gasteiger partial charge in [-0.05, 0) is 55.8 Å². The predicted molar refractivity (Wildman–Crippen MR) is 129 cm³/mol. The van der Waals surface area contributed by atoms with E-state index >= 15 is 0 Å². The third-order valence-electron chi connectivity index (χ3n) is 5.21. The highest BCUT2D eigenvalue weighted by Gasteiger charge is 2.49. The zero-order valence-corrected chi connectivity index (χ0v) is 20.9. The average molecular weight is 544 g/mol. The van der Waals surface area contributed by atoms with Crippen molar-refractivity contribution in [1.29, 1.82) is 0 Å². The van der Waals surface area contributed by atoms with Gasteiger partial charge in [-0.15, -0.1) is 0 Å². The zero-order chi connectivity index (χ0) is 26.7. The normalized spacial score (nSPS) is 17.4. The van der Waals surface area contributed by atoms with Crippen LogP contribution in [0.2, 0.25) is 5.02 Å². The van der Waals surface area contributed by atoms with Crippen LogP contribution in [0.3, 0.4) is 0 Å². The summed E-state index contributed by atoms with van der Waals surface area (Å²) >= 11 is 6.29. The Balaban J connectivity index is 2.02. The molecule has 1 aliphatic heterocycles. The van der Waals surface area contributed by atoms with E-state index in [1.807, 2.05) is 0 Å². The lowest BCUT2D eigenvalue weighted by Gasteiger charge is -2.26. The number of urea groups is 1. The number of hydrogen-bond acceptors (Lipinski definition) is 7. The Kier molecular flexibility index (Phi) is 8.19. The molecule has 2 aromatic rings. The topological polar surface area (TPSA) is 88.5 Å². The van der Waals surface area contributed by atoms with Gasteiger partial charge in [-0.25, -0.2) is 18.9 Å². The summed E-state index contributed by atoms with van der Waals surface area (Å²) in [6.07, 6.45) is -4.59. The first-order chi connectivity index (χ1) is 16.9. The van der Waals surface area contributed by atoms with Gasteiger partial charge in [0.2, 0.25) is 0 Å². The number of carbonyl (C=O) groups is 3. The average Bonchev–Trinajstić information content (AvgIpc) is 3.21. The molecule has 0 saturated carbocycles. The highest BCUT2D eigenvalue weighted by molar-refractivity contribution is 8.15. The summed E-state index contributed by atoms with van der Waals surface area (Å²) in [6.45, 7) is 3.03. The molecule has 8 nitrogen and oxygen atoms in total. The highest BCUT2D eigenvalue weighted by atomic mass is 35.5. The van der Waals surface area contributed by atoms with E-state index in [0.29, 0.717) is 22.5 Å². The maximum absolute atomic E-state index is 13.5. The van der Waals surface area contributed by atoms with Crippen LogP contribution >= 0.6 is 23.5 Å². The van der Waals surface area contributed by atoms with Gasteiger partial charge in [-0.3, -0.25) is 4.79 Å². The Bertz CT molecular complexity index is 1180. The first kappa shape index (κ1) is 27.3. The molecular weight excluding hydrogens is 523 g/mol. The standard InChI is InChI=1S/C23H21ClF3N3O5S/c1-4-35-19(31)22(2)13-29(28-18(22)14-5-9-16(24)10-6-14)20(32)30(36-21(33)34-3)17-11-7-15(8-12-17)23(25,26)27/h5-12H,4,13H2,1-3H3. The van der Waals surface area contributed by atoms with Crippen LogP contribution in [0.5, 0.6) is 0 Å². The van der Waals surface area contributed by atoms with E-state index in [1.54, 1.807) is 38.1 Å². The van der Waals surface area contributed by atoms with Crippen molar-refractivity contribution in [2.75, 3.05) is 24.6 Å². The molecular formula is C23H21ClF3N3O5S. The van der Waals surface area contributed by atoms with Crippen molar-refractivity contribution >= 4 is 52.2 Å². The van der Waals surface area contributed by atoms with Gasteiger partial charge in [-0.2, -0.15) is 18.3 Å². The van der Waals surface area contributed by atoms with E-state index in [1.165, 1.54) is 0 Å². The van der Waals surface area contributed by atoms with Crippen molar-refractivity contribution in [3.63, 3.8) is 0 Å². The lowest BCUT2D eigenvalue weighted by Crippen LogP contribution is -2.44. The second-order valence-corrected chi connectivity index (χ2v) is 9.05. The summed E-state index contributed by atoms with van der Waals surface area (Å²) in [6, 6.07) is 9.21. The zero-order valence-electron chi connectivity index (χ0n) is 19.3. The quantitative estimate of drug-likeness (QED) is 0.348. The third-order valence-corrected chi connectivity index (χ3v) is 6.33. The largest absolute Gasteiger partial charge is 0.465 e. The fourth-order valence-electron chi connectivity index (χ4n) is 3.39. The third kappa shape index (κ3) is 5.76. The molecule has 1 heterocycles. The number of benzene rings is 2. The van der Waals surface area contributed by atoms with Gasteiger partial charge >= 0.3 is 23.5 Å². The molecule has 2 amide bonds. The summed E-state index contributed by atoms with van der Waals surface area (Å²) in [4.78, 5) is 38.4. The molecule has 36 heavy (non-hydrogen) atoms. The summed E-state index contributed by atoms with van der Waals surface area (Å²) in [5, 5.41) is 4.86. The minimum absolute atomic E-state index is 0.0311. The molecule has 0 spiro atoms. The summed E-state index contributed by atoms with van der Waals surface area (Å²) in [5.41, 5.74) is -1.60. The van der Waals surface area contributed by atoms with E-state index < -0.39 is 34.5 Å². The second-order valence-electron chi connectivity index (χ2n) is 7.73. The predicted octanol–water partition coefficient (Wildman–Crippen LogP) is 5.99. The monoisotopic (exact) mass is 543 g/mol. The van der Waals surface area contributed by atoms with Gasteiger partial charge in [-0.1, -0.05) is 23.7 Å². The van der Waals surface area contributed by atoms with Crippen LogP contribution in [0.4, 0.5) is 28.4 Å². The van der Waals surface area contributed by atoms with Crippen LogP contribution < -0.4 is 4.31 Å². The smallest absolute Gasteiger partial charge is 0.416 e. The van der Waals surface area contributed by atoms with Crippen molar-refractivity contribution in [3.05, 3.63) is 64.7 Å². The minimum atomic E-state index is -4.59. The van der Waals surface area contributed by atoms with Crippen LogP contribution in [0.15, 0.2) is 53.6 Å². The number of anilines is 1. The van der Waals surface area contributed by atoms with Gasteiger partial charge < -0.3 is 9.47 Å². The van der Waals surface area contributed by atoms with Gasteiger partial charge in [0.1, 0.15) is 5.41 Å². The van der Waals surface area contributed by atoms with Crippen molar-refractivity contribution in [3.8, 4) is 0 Å². The van der Waals surface area contributed by atoms with E-state index in [9.17, 15) is 27.6 Å². The van der Waals surface area contributed by atoms with Gasteiger partial charge in [0.05, 0.1) is 49.2 Å². The second kappa shape index (κ2) is 10.8. The van der Waals surface area contributed by atoms with E-state index in [2.05, 4.69) is 9.84 Å². The van der Waals surface area contributed by atoms with Crippen molar-refractivity contribution in [2.45, 2.75) is 20.0 Å². The maximum atomic E-state index is 13.5. The highest BCUT2D eigenvalue weighted by Crippen LogP contribution is 2.37.